The highest BCUT2D eigenvalue weighted by molar-refractivity contribution is 7.80. The van der Waals surface area contributed by atoms with Crippen LogP contribution in [-0.2, 0) is 6.54 Å². The van der Waals surface area contributed by atoms with Gasteiger partial charge in [-0.3, -0.25) is 4.90 Å². The Labute approximate surface area is 106 Å². The van der Waals surface area contributed by atoms with Gasteiger partial charge in [-0.05, 0) is 19.2 Å². The predicted octanol–water partition coefficient (Wildman–Crippen LogP) is 3.32. The van der Waals surface area contributed by atoms with Crippen molar-refractivity contribution in [1.82, 2.24) is 4.90 Å². The van der Waals surface area contributed by atoms with Crippen molar-refractivity contribution in [1.29, 1.82) is 0 Å². The first-order chi connectivity index (χ1) is 7.08. The van der Waals surface area contributed by atoms with E-state index in [1.165, 1.54) is 0 Å². The Morgan fingerprint density at radius 1 is 1.40 bits per heavy atom. The molecule has 0 aliphatic rings. The van der Waals surface area contributed by atoms with Crippen LogP contribution in [0.5, 0.6) is 5.75 Å². The molecule has 2 nitrogen and oxygen atoms in total. The first kappa shape index (κ1) is 13.0. The van der Waals surface area contributed by atoms with Gasteiger partial charge in [-0.1, -0.05) is 23.2 Å². The van der Waals surface area contributed by atoms with Crippen LogP contribution in [0.2, 0.25) is 10.0 Å². The summed E-state index contributed by atoms with van der Waals surface area (Å²) in [6.07, 6.45) is 0. The minimum Gasteiger partial charge on any atom is -0.495 e. The van der Waals surface area contributed by atoms with Crippen molar-refractivity contribution >= 4 is 35.8 Å². The van der Waals surface area contributed by atoms with E-state index in [0.29, 0.717) is 28.2 Å². The molecule has 0 aromatic heterocycles. The summed E-state index contributed by atoms with van der Waals surface area (Å²) in [5, 5.41) is 1.15. The molecule has 0 saturated heterocycles. The van der Waals surface area contributed by atoms with Gasteiger partial charge in [0.1, 0.15) is 5.75 Å². The maximum absolute atomic E-state index is 6.01. The maximum atomic E-state index is 6.01. The van der Waals surface area contributed by atoms with Crippen LogP contribution in [-0.4, -0.2) is 24.9 Å². The van der Waals surface area contributed by atoms with Gasteiger partial charge in [0.05, 0.1) is 12.1 Å². The van der Waals surface area contributed by atoms with Crippen LogP contribution in [0.4, 0.5) is 0 Å². The lowest BCUT2D eigenvalue weighted by Crippen LogP contribution is -2.16. The second kappa shape index (κ2) is 5.85. The number of rotatable bonds is 4. The summed E-state index contributed by atoms with van der Waals surface area (Å²) >= 11 is 16.1. The zero-order chi connectivity index (χ0) is 11.4. The Hall–Kier alpha value is -0.0900. The lowest BCUT2D eigenvalue weighted by Gasteiger charge is -2.17. The minimum absolute atomic E-state index is 0.535. The average Bonchev–Trinajstić information content (AvgIpc) is 2.17. The van der Waals surface area contributed by atoms with E-state index >= 15 is 0 Å². The molecule has 84 valence electrons. The van der Waals surface area contributed by atoms with Crippen molar-refractivity contribution in [3.05, 3.63) is 27.7 Å². The topological polar surface area (TPSA) is 12.5 Å². The monoisotopic (exact) mass is 265 g/mol. The van der Waals surface area contributed by atoms with Crippen LogP contribution in [0.3, 0.4) is 0 Å². The van der Waals surface area contributed by atoms with E-state index in [-0.39, 0.29) is 0 Å². The second-order valence-electron chi connectivity index (χ2n) is 3.24. The summed E-state index contributed by atoms with van der Waals surface area (Å²) in [4.78, 5) is 2.02. The first-order valence-corrected chi connectivity index (χ1v) is 5.78. The molecule has 0 radical (unpaired) electrons. The molecule has 0 N–H and O–H groups in total. The highest BCUT2D eigenvalue weighted by atomic mass is 35.5. The largest absolute Gasteiger partial charge is 0.495 e. The molecule has 0 atom stereocenters. The van der Waals surface area contributed by atoms with Crippen molar-refractivity contribution in [2.24, 2.45) is 0 Å². The van der Waals surface area contributed by atoms with Crippen LogP contribution < -0.4 is 4.74 Å². The van der Waals surface area contributed by atoms with E-state index in [4.69, 9.17) is 27.9 Å². The summed E-state index contributed by atoms with van der Waals surface area (Å²) in [5.74, 6) is 1.34. The summed E-state index contributed by atoms with van der Waals surface area (Å²) in [6.45, 7) is 0.701. The number of benzene rings is 1. The van der Waals surface area contributed by atoms with E-state index in [9.17, 15) is 0 Å². The van der Waals surface area contributed by atoms with Crippen LogP contribution >= 0.6 is 35.8 Å². The van der Waals surface area contributed by atoms with Crippen LogP contribution in [0.15, 0.2) is 12.1 Å². The summed E-state index contributed by atoms with van der Waals surface area (Å²) < 4.78 is 5.23. The Morgan fingerprint density at radius 3 is 2.60 bits per heavy atom. The molecular weight excluding hydrogens is 253 g/mol. The van der Waals surface area contributed by atoms with Gasteiger partial charge < -0.3 is 4.74 Å². The summed E-state index contributed by atoms with van der Waals surface area (Å²) in [6, 6.07) is 3.53. The third kappa shape index (κ3) is 3.45. The number of halogens is 2. The number of hydrogen-bond acceptors (Lipinski definition) is 3. The van der Waals surface area contributed by atoms with Gasteiger partial charge >= 0.3 is 0 Å². The molecule has 5 heteroatoms. The third-order valence-electron chi connectivity index (χ3n) is 1.97. The molecule has 0 fully saturated rings. The zero-order valence-electron chi connectivity index (χ0n) is 8.63. The maximum Gasteiger partial charge on any atom is 0.142 e. The molecule has 0 amide bonds. The van der Waals surface area contributed by atoms with Gasteiger partial charge in [-0.25, -0.2) is 0 Å². The predicted molar refractivity (Wildman–Crippen MR) is 68.3 cm³/mol. The van der Waals surface area contributed by atoms with Crippen molar-refractivity contribution in [2.45, 2.75) is 6.54 Å². The number of thiol groups is 1. The molecule has 1 aromatic rings. The van der Waals surface area contributed by atoms with Crippen molar-refractivity contribution < 1.29 is 4.74 Å². The van der Waals surface area contributed by atoms with Gasteiger partial charge in [-0.15, -0.1) is 0 Å². The molecule has 1 aromatic carbocycles. The van der Waals surface area contributed by atoms with Crippen LogP contribution in [0.1, 0.15) is 5.56 Å². The summed E-state index contributed by atoms with van der Waals surface area (Å²) in [5.41, 5.74) is 0.964. The highest BCUT2D eigenvalue weighted by Crippen LogP contribution is 2.32. The fourth-order valence-corrected chi connectivity index (χ4v) is 2.01. The van der Waals surface area contributed by atoms with Crippen LogP contribution in [0, 0.1) is 0 Å². The Bertz CT molecular complexity index is 346. The fraction of sp³-hybridized carbons (Fsp3) is 0.400. The third-order valence-corrected chi connectivity index (χ3v) is 2.95. The standard InChI is InChI=1S/C10H13Cl2NOS/c1-13(6-15)5-7-3-8(11)4-9(12)10(7)14-2/h3-4,15H,5-6H2,1-2H3. The first-order valence-electron chi connectivity index (χ1n) is 4.39. The molecule has 0 saturated carbocycles. The quantitative estimate of drug-likeness (QED) is 0.663. The molecule has 0 heterocycles. The zero-order valence-corrected chi connectivity index (χ0v) is 11.0. The van der Waals surface area contributed by atoms with Gasteiger partial charge in [-0.2, -0.15) is 12.6 Å². The molecule has 0 unspecified atom stereocenters. The molecule has 0 bridgehead atoms. The second-order valence-corrected chi connectivity index (χ2v) is 4.36. The Kier molecular flexibility index (Phi) is 5.06. The van der Waals surface area contributed by atoms with E-state index in [2.05, 4.69) is 12.6 Å². The molecule has 0 aliphatic heterocycles. The van der Waals surface area contributed by atoms with Gasteiger partial charge in [0.2, 0.25) is 0 Å². The average molecular weight is 266 g/mol. The van der Waals surface area contributed by atoms with Gasteiger partial charge in [0, 0.05) is 23.0 Å². The normalized spacial score (nSPS) is 10.8. The lowest BCUT2D eigenvalue weighted by molar-refractivity contribution is 0.363. The van der Waals surface area contributed by atoms with Crippen LogP contribution in [0.25, 0.3) is 0 Å². The lowest BCUT2D eigenvalue weighted by atomic mass is 10.2. The molecule has 0 aliphatic carbocycles. The Balaban J connectivity index is 3.03. The molecule has 1 rings (SSSR count). The minimum atomic E-state index is 0.535. The molecular formula is C10H13Cl2NOS. The highest BCUT2D eigenvalue weighted by Gasteiger charge is 2.10. The van der Waals surface area contributed by atoms with E-state index in [1.807, 2.05) is 18.0 Å². The SMILES string of the molecule is COc1c(Cl)cc(Cl)cc1CN(C)CS. The van der Waals surface area contributed by atoms with E-state index in [0.717, 1.165) is 5.56 Å². The van der Waals surface area contributed by atoms with E-state index in [1.54, 1.807) is 13.2 Å². The smallest absolute Gasteiger partial charge is 0.142 e. The number of methoxy groups -OCH3 is 1. The van der Waals surface area contributed by atoms with Gasteiger partial charge in [0.25, 0.3) is 0 Å². The Morgan fingerprint density at radius 2 is 2.07 bits per heavy atom. The molecule has 0 spiro atoms. The molecule has 15 heavy (non-hydrogen) atoms. The van der Waals surface area contributed by atoms with Crippen molar-refractivity contribution in [3.63, 3.8) is 0 Å². The fourth-order valence-electron chi connectivity index (χ4n) is 1.30. The van der Waals surface area contributed by atoms with E-state index < -0.39 is 0 Å². The van der Waals surface area contributed by atoms with Gasteiger partial charge in [0.15, 0.2) is 0 Å². The number of nitrogens with zero attached hydrogens (tertiary/aromatic N) is 1. The summed E-state index contributed by atoms with van der Waals surface area (Å²) in [7, 11) is 3.56. The number of ether oxygens (including phenoxy) is 1. The number of hydrogen-bond donors (Lipinski definition) is 1. The van der Waals surface area contributed by atoms with Crippen molar-refractivity contribution in [3.8, 4) is 5.75 Å². The van der Waals surface area contributed by atoms with Crippen molar-refractivity contribution in [2.75, 3.05) is 20.0 Å².